The molecule has 0 spiro atoms. The smallest absolute Gasteiger partial charge is 0.160 e. The van der Waals surface area contributed by atoms with Crippen LogP contribution < -0.4 is 0 Å². The molecule has 2 heterocycles. The molecule has 0 bridgehead atoms. The van der Waals surface area contributed by atoms with E-state index in [9.17, 15) is 0 Å². The van der Waals surface area contributed by atoms with Crippen molar-refractivity contribution in [2.45, 2.75) is 6.92 Å². The first-order chi connectivity index (χ1) is 20.2. The van der Waals surface area contributed by atoms with Gasteiger partial charge in [0.2, 0.25) is 0 Å². The molecular weight excluding hydrogens is 498 g/mol. The summed E-state index contributed by atoms with van der Waals surface area (Å²) in [4.78, 5) is 14.4. The number of pyridine rings is 1. The van der Waals surface area contributed by atoms with E-state index in [1.54, 1.807) is 0 Å². The number of hydrogen-bond acceptors (Lipinski definition) is 3. The van der Waals surface area contributed by atoms with Crippen LogP contribution in [0.25, 0.3) is 77.3 Å². The maximum atomic E-state index is 5.19. The lowest BCUT2D eigenvalue weighted by atomic mass is 9.91. The molecule has 8 aromatic rings. The summed E-state index contributed by atoms with van der Waals surface area (Å²) in [6.07, 6.45) is 3.65. The van der Waals surface area contributed by atoms with Gasteiger partial charge in [-0.1, -0.05) is 103 Å². The van der Waals surface area contributed by atoms with Gasteiger partial charge in [0.15, 0.2) is 5.82 Å². The normalized spacial score (nSPS) is 11.5. The Kier molecular flexibility index (Phi) is 5.36. The molecule has 0 atom stereocenters. The lowest BCUT2D eigenvalue weighted by Gasteiger charge is -2.15. The molecule has 2 aromatic heterocycles. The number of benzene rings is 6. The monoisotopic (exact) mass is 523 g/mol. The zero-order valence-electron chi connectivity index (χ0n) is 22.5. The van der Waals surface area contributed by atoms with Crippen LogP contribution in [0.15, 0.2) is 134 Å². The van der Waals surface area contributed by atoms with Crippen molar-refractivity contribution in [3.63, 3.8) is 0 Å². The van der Waals surface area contributed by atoms with Crippen LogP contribution in [0.2, 0.25) is 0 Å². The van der Waals surface area contributed by atoms with Crippen LogP contribution in [0.4, 0.5) is 0 Å². The van der Waals surface area contributed by atoms with Gasteiger partial charge in [0.05, 0.1) is 11.4 Å². The number of aryl methyl sites for hydroxylation is 1. The van der Waals surface area contributed by atoms with Crippen molar-refractivity contribution in [3.8, 4) is 45.0 Å². The summed E-state index contributed by atoms with van der Waals surface area (Å²) < 4.78 is 0. The van der Waals surface area contributed by atoms with E-state index in [4.69, 9.17) is 9.97 Å². The molecule has 6 aromatic carbocycles. The van der Waals surface area contributed by atoms with Crippen LogP contribution in [0.1, 0.15) is 5.56 Å². The van der Waals surface area contributed by atoms with Gasteiger partial charge in [-0.15, -0.1) is 0 Å². The first-order valence-corrected chi connectivity index (χ1v) is 13.9. The molecule has 41 heavy (non-hydrogen) atoms. The molecular formula is C38H25N3. The topological polar surface area (TPSA) is 38.7 Å². The molecule has 0 saturated carbocycles. The molecule has 8 rings (SSSR count). The molecule has 0 aliphatic heterocycles. The third-order valence-electron chi connectivity index (χ3n) is 8.11. The van der Waals surface area contributed by atoms with Crippen LogP contribution in [-0.2, 0) is 0 Å². The number of aromatic nitrogens is 3. The molecule has 0 amide bonds. The van der Waals surface area contributed by atoms with Crippen molar-refractivity contribution < 1.29 is 0 Å². The minimum absolute atomic E-state index is 0.736. The zero-order chi connectivity index (χ0) is 27.3. The largest absolute Gasteiger partial charge is 0.265 e. The predicted molar refractivity (Wildman–Crippen MR) is 170 cm³/mol. The van der Waals surface area contributed by atoms with Crippen LogP contribution in [-0.4, -0.2) is 15.0 Å². The fourth-order valence-corrected chi connectivity index (χ4v) is 6.01. The van der Waals surface area contributed by atoms with Gasteiger partial charge in [-0.05, 0) is 74.1 Å². The highest BCUT2D eigenvalue weighted by atomic mass is 14.9. The minimum atomic E-state index is 0.736. The highest BCUT2D eigenvalue weighted by Crippen LogP contribution is 2.40. The van der Waals surface area contributed by atoms with Gasteiger partial charge < -0.3 is 0 Å². The van der Waals surface area contributed by atoms with Crippen LogP contribution in [0, 0.1) is 6.92 Å². The van der Waals surface area contributed by atoms with E-state index in [0.717, 1.165) is 50.6 Å². The Hall–Kier alpha value is -5.41. The van der Waals surface area contributed by atoms with Crippen molar-refractivity contribution in [2.75, 3.05) is 0 Å². The molecule has 3 nitrogen and oxygen atoms in total. The summed E-state index contributed by atoms with van der Waals surface area (Å²) in [5.74, 6) is 0.736. The lowest BCUT2D eigenvalue weighted by Crippen LogP contribution is -1.98. The number of rotatable bonds is 4. The quantitative estimate of drug-likeness (QED) is 0.216. The van der Waals surface area contributed by atoms with Gasteiger partial charge in [0.1, 0.15) is 0 Å². The van der Waals surface area contributed by atoms with Gasteiger partial charge in [-0.25, -0.2) is 9.97 Å². The first-order valence-electron chi connectivity index (χ1n) is 13.9. The number of nitrogens with zero attached hydrogens (tertiary/aromatic N) is 3. The van der Waals surface area contributed by atoms with Crippen LogP contribution >= 0.6 is 0 Å². The van der Waals surface area contributed by atoms with Crippen molar-refractivity contribution in [1.29, 1.82) is 0 Å². The second kappa shape index (κ2) is 9.35. The minimum Gasteiger partial charge on any atom is -0.265 e. The molecule has 0 saturated heterocycles. The Morgan fingerprint density at radius 1 is 0.463 bits per heavy atom. The molecule has 0 aliphatic carbocycles. The summed E-state index contributed by atoms with van der Waals surface area (Å²) in [5.41, 5.74) is 8.48. The fourth-order valence-electron chi connectivity index (χ4n) is 6.01. The predicted octanol–water partition coefficient (Wildman–Crippen LogP) is 9.75. The molecule has 0 fully saturated rings. The summed E-state index contributed by atoms with van der Waals surface area (Å²) in [6, 6.07) is 43.0. The molecule has 192 valence electrons. The maximum Gasteiger partial charge on any atom is 0.160 e. The van der Waals surface area contributed by atoms with E-state index in [2.05, 4.69) is 121 Å². The van der Waals surface area contributed by atoms with E-state index in [1.807, 2.05) is 24.5 Å². The average Bonchev–Trinajstić information content (AvgIpc) is 3.04. The summed E-state index contributed by atoms with van der Waals surface area (Å²) >= 11 is 0. The molecule has 3 heteroatoms. The van der Waals surface area contributed by atoms with Crippen molar-refractivity contribution in [3.05, 3.63) is 139 Å². The Labute approximate surface area is 238 Å². The Balaban J connectivity index is 1.35. The average molecular weight is 524 g/mol. The lowest BCUT2D eigenvalue weighted by molar-refractivity contribution is 1.18. The third kappa shape index (κ3) is 3.94. The van der Waals surface area contributed by atoms with Gasteiger partial charge in [-0.2, -0.15) is 0 Å². The molecule has 0 unspecified atom stereocenters. The van der Waals surface area contributed by atoms with E-state index < -0.39 is 0 Å². The second-order valence-electron chi connectivity index (χ2n) is 10.6. The van der Waals surface area contributed by atoms with Crippen molar-refractivity contribution in [2.24, 2.45) is 0 Å². The van der Waals surface area contributed by atoms with Crippen LogP contribution in [0.5, 0.6) is 0 Å². The van der Waals surface area contributed by atoms with Gasteiger partial charge in [0, 0.05) is 29.1 Å². The van der Waals surface area contributed by atoms with Gasteiger partial charge in [0.25, 0.3) is 0 Å². The van der Waals surface area contributed by atoms with E-state index >= 15 is 0 Å². The summed E-state index contributed by atoms with van der Waals surface area (Å²) in [5, 5.41) is 7.57. The first kappa shape index (κ1) is 23.5. The maximum absolute atomic E-state index is 5.19. The van der Waals surface area contributed by atoms with Crippen molar-refractivity contribution >= 4 is 32.3 Å². The van der Waals surface area contributed by atoms with E-state index in [1.165, 1.54) is 32.3 Å². The van der Waals surface area contributed by atoms with Crippen molar-refractivity contribution in [1.82, 2.24) is 15.0 Å². The standard InChI is InChI=1S/C38H25N3/c1-24-5-2-3-8-31(24)38-40-34(27-11-9-25(10-12-27)26-19-21-39-22-20-26)23-35(41-38)32-17-15-30-14-13-28-6-4-7-29-16-18-33(32)37(30)36(28)29/h2-23H,1H3. The summed E-state index contributed by atoms with van der Waals surface area (Å²) in [7, 11) is 0. The second-order valence-corrected chi connectivity index (χ2v) is 10.6. The summed E-state index contributed by atoms with van der Waals surface area (Å²) in [6.45, 7) is 2.12. The molecule has 0 radical (unpaired) electrons. The highest BCUT2D eigenvalue weighted by molar-refractivity contribution is 6.25. The Morgan fingerprint density at radius 2 is 1.10 bits per heavy atom. The molecule has 0 aliphatic rings. The third-order valence-corrected chi connectivity index (χ3v) is 8.11. The Morgan fingerprint density at radius 3 is 1.88 bits per heavy atom. The van der Waals surface area contributed by atoms with Gasteiger partial charge in [-0.3, -0.25) is 4.98 Å². The SMILES string of the molecule is Cc1ccccc1-c1nc(-c2ccc(-c3ccncc3)cc2)cc(-c2ccc3ccc4cccc5ccc2c3c45)n1. The fraction of sp³-hybridized carbons (Fsp3) is 0.0263. The Bertz CT molecular complexity index is 2180. The molecule has 0 N–H and O–H groups in total. The number of hydrogen-bond donors (Lipinski definition) is 0. The van der Waals surface area contributed by atoms with Crippen LogP contribution in [0.3, 0.4) is 0 Å². The van der Waals surface area contributed by atoms with Gasteiger partial charge >= 0.3 is 0 Å². The highest BCUT2D eigenvalue weighted by Gasteiger charge is 2.16. The zero-order valence-corrected chi connectivity index (χ0v) is 22.5. The van der Waals surface area contributed by atoms with E-state index in [0.29, 0.717) is 0 Å². The van der Waals surface area contributed by atoms with E-state index in [-0.39, 0.29) is 0 Å².